The van der Waals surface area contributed by atoms with E-state index in [1.807, 2.05) is 18.2 Å². The molecule has 0 saturated heterocycles. The van der Waals surface area contributed by atoms with E-state index in [2.05, 4.69) is 0 Å². The zero-order chi connectivity index (χ0) is 17.3. The highest BCUT2D eigenvalue weighted by molar-refractivity contribution is 6.05. The Labute approximate surface area is 138 Å². The second-order valence-corrected chi connectivity index (χ2v) is 5.40. The molecule has 0 saturated carbocycles. The number of esters is 1. The summed E-state index contributed by atoms with van der Waals surface area (Å²) < 4.78 is 6.76. The minimum atomic E-state index is -0.442. The van der Waals surface area contributed by atoms with Crippen LogP contribution in [0.1, 0.15) is 22.8 Å². The second-order valence-electron chi connectivity index (χ2n) is 5.40. The Bertz CT molecular complexity index is 943. The summed E-state index contributed by atoms with van der Waals surface area (Å²) in [5, 5.41) is 12.1. The van der Waals surface area contributed by atoms with E-state index >= 15 is 0 Å². The van der Waals surface area contributed by atoms with Gasteiger partial charge in [-0.15, -0.1) is 0 Å². The van der Waals surface area contributed by atoms with Gasteiger partial charge in [-0.05, 0) is 31.5 Å². The van der Waals surface area contributed by atoms with Crippen molar-refractivity contribution in [2.75, 3.05) is 6.61 Å². The molecule has 0 radical (unpaired) electrons. The van der Waals surface area contributed by atoms with Crippen molar-refractivity contribution in [2.45, 2.75) is 13.8 Å². The molecule has 0 unspecified atom stereocenters. The van der Waals surface area contributed by atoms with Crippen molar-refractivity contribution in [1.29, 1.82) is 0 Å². The van der Waals surface area contributed by atoms with Gasteiger partial charge in [0.25, 0.3) is 5.69 Å². The lowest BCUT2D eigenvalue weighted by Gasteiger charge is -2.07. The van der Waals surface area contributed by atoms with Gasteiger partial charge in [0.15, 0.2) is 0 Å². The fraction of sp³-hybridized carbons (Fsp3) is 0.167. The Morgan fingerprint density at radius 2 is 2.00 bits per heavy atom. The molecule has 2 aromatic carbocycles. The summed E-state index contributed by atoms with van der Waals surface area (Å²) in [5.74, 6) is -0.442. The quantitative estimate of drug-likeness (QED) is 0.412. The summed E-state index contributed by atoms with van der Waals surface area (Å²) in [7, 11) is 0. The number of aromatic nitrogens is 1. The fourth-order valence-corrected chi connectivity index (χ4v) is 2.73. The minimum Gasteiger partial charge on any atom is -0.462 e. The molecule has 0 aliphatic heterocycles. The van der Waals surface area contributed by atoms with Gasteiger partial charge >= 0.3 is 5.97 Å². The summed E-state index contributed by atoms with van der Waals surface area (Å²) in [6.07, 6.45) is 1.60. The largest absolute Gasteiger partial charge is 0.462 e. The number of ether oxygens (including phenoxy) is 1. The SMILES string of the molecule is CCOC(=O)c1cn(-c2ccc(C)cc2[N+](=O)[O-])c2ccccc12. The Kier molecular flexibility index (Phi) is 4.04. The average Bonchev–Trinajstić information content (AvgIpc) is 2.94. The van der Waals surface area contributed by atoms with Crippen molar-refractivity contribution in [3.8, 4) is 5.69 Å². The molecule has 0 aliphatic carbocycles. The lowest BCUT2D eigenvalue weighted by molar-refractivity contribution is -0.384. The van der Waals surface area contributed by atoms with Crippen molar-refractivity contribution in [1.82, 2.24) is 4.57 Å². The number of rotatable bonds is 4. The zero-order valence-corrected chi connectivity index (χ0v) is 13.4. The number of hydrogen-bond acceptors (Lipinski definition) is 4. The number of nitro groups is 1. The molecule has 122 valence electrons. The Morgan fingerprint density at radius 1 is 1.25 bits per heavy atom. The number of carbonyl (C=O) groups excluding carboxylic acids is 1. The molecule has 6 heteroatoms. The van der Waals surface area contributed by atoms with Crippen molar-refractivity contribution >= 4 is 22.6 Å². The number of hydrogen-bond donors (Lipinski definition) is 0. The van der Waals surface area contributed by atoms with E-state index in [0.29, 0.717) is 22.2 Å². The smallest absolute Gasteiger partial charge is 0.340 e. The molecule has 0 N–H and O–H groups in total. The number of aryl methyl sites for hydroxylation is 1. The van der Waals surface area contributed by atoms with Crippen molar-refractivity contribution in [3.05, 3.63) is 69.9 Å². The van der Waals surface area contributed by atoms with Crippen LogP contribution >= 0.6 is 0 Å². The van der Waals surface area contributed by atoms with Gasteiger partial charge in [-0.2, -0.15) is 0 Å². The molecule has 3 rings (SSSR count). The monoisotopic (exact) mass is 324 g/mol. The molecule has 24 heavy (non-hydrogen) atoms. The predicted octanol–water partition coefficient (Wildman–Crippen LogP) is 4.02. The van der Waals surface area contributed by atoms with Gasteiger partial charge in [0, 0.05) is 17.6 Å². The van der Waals surface area contributed by atoms with Gasteiger partial charge in [0.1, 0.15) is 5.69 Å². The van der Waals surface area contributed by atoms with Gasteiger partial charge < -0.3 is 9.30 Å². The Hall–Kier alpha value is -3.15. The van der Waals surface area contributed by atoms with Gasteiger partial charge in [-0.3, -0.25) is 10.1 Å². The number of fused-ring (bicyclic) bond motifs is 1. The topological polar surface area (TPSA) is 74.4 Å². The molecular weight excluding hydrogens is 308 g/mol. The molecule has 0 spiro atoms. The van der Waals surface area contributed by atoms with Crippen LogP contribution < -0.4 is 0 Å². The molecule has 0 fully saturated rings. The number of nitrogens with zero attached hydrogens (tertiary/aromatic N) is 2. The first-order chi connectivity index (χ1) is 11.5. The Balaban J connectivity index is 2.28. The van der Waals surface area contributed by atoms with E-state index in [0.717, 1.165) is 5.56 Å². The lowest BCUT2D eigenvalue weighted by Crippen LogP contribution is -2.04. The standard InChI is InChI=1S/C18H16N2O4/c1-3-24-18(21)14-11-19(15-7-5-4-6-13(14)15)16-9-8-12(2)10-17(16)20(22)23/h4-11H,3H2,1-2H3. The van der Waals surface area contributed by atoms with Crippen LogP contribution in [0.2, 0.25) is 0 Å². The van der Waals surface area contributed by atoms with Gasteiger partial charge in [0.05, 0.1) is 22.6 Å². The first kappa shape index (κ1) is 15.7. The molecule has 3 aromatic rings. The van der Waals surface area contributed by atoms with Crippen molar-refractivity contribution in [3.63, 3.8) is 0 Å². The normalized spacial score (nSPS) is 10.8. The number of carbonyl (C=O) groups is 1. The number of benzene rings is 2. The fourth-order valence-electron chi connectivity index (χ4n) is 2.73. The third-order valence-corrected chi connectivity index (χ3v) is 3.79. The average molecular weight is 324 g/mol. The van der Waals surface area contributed by atoms with Crippen molar-refractivity contribution in [2.24, 2.45) is 0 Å². The van der Waals surface area contributed by atoms with Crippen LogP contribution in [0.4, 0.5) is 5.69 Å². The molecule has 1 heterocycles. The minimum absolute atomic E-state index is 0.00818. The molecule has 0 aliphatic rings. The van der Waals surface area contributed by atoms with Gasteiger partial charge in [0.2, 0.25) is 0 Å². The molecule has 1 aromatic heterocycles. The van der Waals surface area contributed by atoms with Crippen LogP contribution in [0.5, 0.6) is 0 Å². The summed E-state index contributed by atoms with van der Waals surface area (Å²) in [6, 6.07) is 12.3. The molecular formula is C18H16N2O4. The highest BCUT2D eigenvalue weighted by Gasteiger charge is 2.21. The van der Waals surface area contributed by atoms with E-state index < -0.39 is 10.9 Å². The molecule has 0 bridgehead atoms. The summed E-state index contributed by atoms with van der Waals surface area (Å²) in [5.41, 5.74) is 2.31. The first-order valence-electron chi connectivity index (χ1n) is 7.55. The van der Waals surface area contributed by atoms with Crippen LogP contribution in [0, 0.1) is 17.0 Å². The highest BCUT2D eigenvalue weighted by Crippen LogP contribution is 2.30. The maximum Gasteiger partial charge on any atom is 0.340 e. The van der Waals surface area contributed by atoms with Crippen LogP contribution in [-0.2, 0) is 4.74 Å². The first-order valence-corrected chi connectivity index (χ1v) is 7.55. The lowest BCUT2D eigenvalue weighted by atomic mass is 10.1. The van der Waals surface area contributed by atoms with E-state index in [1.54, 1.807) is 42.8 Å². The van der Waals surface area contributed by atoms with E-state index in [1.165, 1.54) is 6.07 Å². The van der Waals surface area contributed by atoms with E-state index in [9.17, 15) is 14.9 Å². The Morgan fingerprint density at radius 3 is 2.71 bits per heavy atom. The molecule has 0 amide bonds. The van der Waals surface area contributed by atoms with Crippen LogP contribution in [0.25, 0.3) is 16.6 Å². The molecule has 0 atom stereocenters. The number of para-hydroxylation sites is 1. The maximum atomic E-state index is 12.2. The van der Waals surface area contributed by atoms with Crippen LogP contribution in [0.3, 0.4) is 0 Å². The van der Waals surface area contributed by atoms with Crippen LogP contribution in [0.15, 0.2) is 48.7 Å². The van der Waals surface area contributed by atoms with Crippen molar-refractivity contribution < 1.29 is 14.5 Å². The predicted molar refractivity (Wildman–Crippen MR) is 90.6 cm³/mol. The summed E-state index contributed by atoms with van der Waals surface area (Å²) in [6.45, 7) is 3.81. The van der Waals surface area contributed by atoms with Gasteiger partial charge in [-0.25, -0.2) is 4.79 Å². The summed E-state index contributed by atoms with van der Waals surface area (Å²) >= 11 is 0. The zero-order valence-electron chi connectivity index (χ0n) is 13.4. The summed E-state index contributed by atoms with van der Waals surface area (Å²) in [4.78, 5) is 23.2. The third kappa shape index (κ3) is 2.62. The maximum absolute atomic E-state index is 12.2. The van der Waals surface area contributed by atoms with Gasteiger partial charge in [-0.1, -0.05) is 24.3 Å². The highest BCUT2D eigenvalue weighted by atomic mass is 16.6. The third-order valence-electron chi connectivity index (χ3n) is 3.79. The second kappa shape index (κ2) is 6.16. The van der Waals surface area contributed by atoms with E-state index in [4.69, 9.17) is 4.74 Å². The number of nitro benzene ring substituents is 1. The van der Waals surface area contributed by atoms with E-state index in [-0.39, 0.29) is 12.3 Å². The molecule has 6 nitrogen and oxygen atoms in total. The van der Waals surface area contributed by atoms with Crippen LogP contribution in [-0.4, -0.2) is 22.1 Å².